The van der Waals surface area contributed by atoms with Crippen LogP contribution in [0.3, 0.4) is 0 Å². The summed E-state index contributed by atoms with van der Waals surface area (Å²) in [4.78, 5) is 16.3. The molecule has 140 valence electrons. The van der Waals surface area contributed by atoms with Crippen LogP contribution in [-0.2, 0) is 4.79 Å². The summed E-state index contributed by atoms with van der Waals surface area (Å²) in [6.45, 7) is 7.74. The number of aromatic nitrogens is 3. The maximum Gasteiger partial charge on any atom is 0.336 e. The average molecular weight is 364 g/mol. The molecule has 0 aliphatic heterocycles. The molecule has 3 aromatic rings. The molecule has 2 aromatic carbocycles. The highest BCUT2D eigenvalue weighted by Gasteiger charge is 2.16. The molecule has 27 heavy (non-hydrogen) atoms. The predicted molar refractivity (Wildman–Crippen MR) is 106 cm³/mol. The molecule has 0 aliphatic carbocycles. The Hall–Kier alpha value is -3.15. The van der Waals surface area contributed by atoms with E-state index in [4.69, 9.17) is 4.74 Å². The number of carbonyl (C=O) groups is 1. The van der Waals surface area contributed by atoms with E-state index in [1.54, 1.807) is 4.68 Å². The first kappa shape index (κ1) is 18.6. The average Bonchev–Trinajstić information content (AvgIpc) is 3.05. The highest BCUT2D eigenvalue weighted by atomic mass is 16.5. The fraction of sp³-hybridized carbons (Fsp3) is 0.286. The Kier molecular flexibility index (Phi) is 5.54. The van der Waals surface area contributed by atoms with Crippen LogP contribution in [0.4, 0.5) is 5.69 Å². The molecule has 0 fully saturated rings. The summed E-state index contributed by atoms with van der Waals surface area (Å²) in [6.07, 6.45) is 0.399. The zero-order valence-electron chi connectivity index (χ0n) is 16.1. The lowest BCUT2D eigenvalue weighted by Crippen LogP contribution is -2.10. The number of rotatable bonds is 6. The molecule has 0 bridgehead atoms. The SMILES string of the molecule is CCC(=O)Nc1cccc(-n2nc(OC(C)C)nc2-c2ccc(C)cc2)c1. The Labute approximate surface area is 159 Å². The van der Waals surface area contributed by atoms with Crippen LogP contribution in [0, 0.1) is 6.92 Å². The maximum absolute atomic E-state index is 11.7. The van der Waals surface area contributed by atoms with Gasteiger partial charge in [-0.05, 0) is 39.0 Å². The van der Waals surface area contributed by atoms with Crippen LogP contribution in [0.15, 0.2) is 48.5 Å². The van der Waals surface area contributed by atoms with Gasteiger partial charge in [-0.2, -0.15) is 4.98 Å². The van der Waals surface area contributed by atoms with Gasteiger partial charge in [-0.3, -0.25) is 4.79 Å². The number of ether oxygens (including phenoxy) is 1. The number of benzene rings is 2. The topological polar surface area (TPSA) is 69.0 Å². The second-order valence-corrected chi connectivity index (χ2v) is 6.61. The molecule has 1 aromatic heterocycles. The van der Waals surface area contributed by atoms with Crippen molar-refractivity contribution < 1.29 is 9.53 Å². The lowest BCUT2D eigenvalue weighted by Gasteiger charge is -2.09. The van der Waals surface area contributed by atoms with E-state index in [-0.39, 0.29) is 12.0 Å². The molecule has 1 amide bonds. The predicted octanol–water partition coefficient (Wildman–Crippen LogP) is 4.38. The summed E-state index contributed by atoms with van der Waals surface area (Å²) in [7, 11) is 0. The van der Waals surface area contributed by atoms with Crippen molar-refractivity contribution in [2.45, 2.75) is 40.2 Å². The zero-order chi connectivity index (χ0) is 19.4. The van der Waals surface area contributed by atoms with Crippen molar-refractivity contribution in [2.24, 2.45) is 0 Å². The second kappa shape index (κ2) is 8.03. The molecule has 0 radical (unpaired) electrons. The van der Waals surface area contributed by atoms with E-state index in [2.05, 4.69) is 15.4 Å². The minimum atomic E-state index is -0.0340. The number of aryl methyl sites for hydroxylation is 1. The van der Waals surface area contributed by atoms with Gasteiger partial charge in [0.05, 0.1) is 11.8 Å². The number of hydrogen-bond acceptors (Lipinski definition) is 4. The summed E-state index contributed by atoms with van der Waals surface area (Å²) >= 11 is 0. The fourth-order valence-electron chi connectivity index (χ4n) is 2.59. The van der Waals surface area contributed by atoms with E-state index in [0.717, 1.165) is 16.9 Å². The third-order valence-electron chi connectivity index (χ3n) is 3.93. The highest BCUT2D eigenvalue weighted by molar-refractivity contribution is 5.90. The van der Waals surface area contributed by atoms with Gasteiger partial charge in [0.1, 0.15) is 0 Å². The molecular formula is C21H24N4O2. The van der Waals surface area contributed by atoms with Crippen LogP contribution in [0.5, 0.6) is 6.01 Å². The highest BCUT2D eigenvalue weighted by Crippen LogP contribution is 2.25. The molecule has 0 spiro atoms. The van der Waals surface area contributed by atoms with Crippen molar-refractivity contribution in [3.63, 3.8) is 0 Å². The maximum atomic E-state index is 11.7. The van der Waals surface area contributed by atoms with E-state index < -0.39 is 0 Å². The van der Waals surface area contributed by atoms with Crippen LogP contribution in [-0.4, -0.2) is 26.8 Å². The third-order valence-corrected chi connectivity index (χ3v) is 3.93. The molecule has 0 unspecified atom stereocenters. The number of carbonyl (C=O) groups excluding carboxylic acids is 1. The molecule has 1 heterocycles. The van der Waals surface area contributed by atoms with Crippen molar-refractivity contribution >= 4 is 11.6 Å². The molecule has 0 aliphatic rings. The van der Waals surface area contributed by atoms with E-state index in [9.17, 15) is 4.79 Å². The number of hydrogen-bond donors (Lipinski definition) is 1. The van der Waals surface area contributed by atoms with E-state index >= 15 is 0 Å². The summed E-state index contributed by atoms with van der Waals surface area (Å²) in [5.41, 5.74) is 3.63. The van der Waals surface area contributed by atoms with Crippen LogP contribution in [0.25, 0.3) is 17.1 Å². The molecule has 0 saturated heterocycles. The lowest BCUT2D eigenvalue weighted by atomic mass is 10.1. The molecule has 0 atom stereocenters. The van der Waals surface area contributed by atoms with Gasteiger partial charge in [0, 0.05) is 17.7 Å². The number of amides is 1. The van der Waals surface area contributed by atoms with Gasteiger partial charge >= 0.3 is 6.01 Å². The Morgan fingerprint density at radius 2 is 1.93 bits per heavy atom. The first-order valence-corrected chi connectivity index (χ1v) is 9.07. The Balaban J connectivity index is 2.05. The summed E-state index contributed by atoms with van der Waals surface area (Å²) < 4.78 is 7.44. The normalized spacial score (nSPS) is 10.9. The fourth-order valence-corrected chi connectivity index (χ4v) is 2.59. The van der Waals surface area contributed by atoms with Crippen molar-refractivity contribution in [3.05, 3.63) is 54.1 Å². The van der Waals surface area contributed by atoms with Crippen LogP contribution in [0.2, 0.25) is 0 Å². The number of anilines is 1. The summed E-state index contributed by atoms with van der Waals surface area (Å²) in [5.74, 6) is 0.651. The van der Waals surface area contributed by atoms with Crippen molar-refractivity contribution in [3.8, 4) is 23.1 Å². The van der Waals surface area contributed by atoms with Crippen molar-refractivity contribution in [1.82, 2.24) is 14.8 Å². The quantitative estimate of drug-likeness (QED) is 0.705. The largest absolute Gasteiger partial charge is 0.460 e. The first-order valence-electron chi connectivity index (χ1n) is 9.07. The minimum absolute atomic E-state index is 0.0260. The molecule has 0 saturated carbocycles. The Morgan fingerprint density at radius 1 is 1.19 bits per heavy atom. The lowest BCUT2D eigenvalue weighted by molar-refractivity contribution is -0.115. The van der Waals surface area contributed by atoms with E-state index in [1.165, 1.54) is 5.56 Å². The first-order chi connectivity index (χ1) is 13.0. The van der Waals surface area contributed by atoms with Gasteiger partial charge in [0.15, 0.2) is 5.82 Å². The van der Waals surface area contributed by atoms with Gasteiger partial charge in [-0.25, -0.2) is 4.68 Å². The zero-order valence-corrected chi connectivity index (χ0v) is 16.1. The van der Waals surface area contributed by atoms with E-state index in [1.807, 2.05) is 76.2 Å². The molecule has 6 heteroatoms. The Bertz CT molecular complexity index is 930. The van der Waals surface area contributed by atoms with Crippen LogP contribution >= 0.6 is 0 Å². The van der Waals surface area contributed by atoms with Gasteiger partial charge in [-0.15, -0.1) is 5.10 Å². The number of nitrogens with one attached hydrogen (secondary N) is 1. The third kappa shape index (κ3) is 4.53. The van der Waals surface area contributed by atoms with Gasteiger partial charge < -0.3 is 10.1 Å². The minimum Gasteiger partial charge on any atom is -0.460 e. The van der Waals surface area contributed by atoms with Crippen LogP contribution in [0.1, 0.15) is 32.8 Å². The second-order valence-electron chi connectivity index (χ2n) is 6.61. The summed E-state index contributed by atoms with van der Waals surface area (Å²) in [5, 5.41) is 7.41. The van der Waals surface area contributed by atoms with E-state index in [0.29, 0.717) is 18.3 Å². The van der Waals surface area contributed by atoms with Crippen molar-refractivity contribution in [1.29, 1.82) is 0 Å². The van der Waals surface area contributed by atoms with Crippen LogP contribution < -0.4 is 10.1 Å². The molecule has 6 nitrogen and oxygen atoms in total. The molecule has 3 rings (SSSR count). The van der Waals surface area contributed by atoms with Crippen molar-refractivity contribution in [2.75, 3.05) is 5.32 Å². The smallest absolute Gasteiger partial charge is 0.336 e. The van der Waals surface area contributed by atoms with Gasteiger partial charge in [-0.1, -0.05) is 42.8 Å². The molecular weight excluding hydrogens is 340 g/mol. The van der Waals surface area contributed by atoms with Gasteiger partial charge in [0.2, 0.25) is 5.91 Å². The monoisotopic (exact) mass is 364 g/mol. The Morgan fingerprint density at radius 3 is 2.59 bits per heavy atom. The number of nitrogens with zero attached hydrogens (tertiary/aromatic N) is 3. The van der Waals surface area contributed by atoms with Gasteiger partial charge in [0.25, 0.3) is 0 Å². The molecule has 1 N–H and O–H groups in total. The summed E-state index contributed by atoms with van der Waals surface area (Å²) in [6, 6.07) is 15.9. The standard InChI is InChI=1S/C21H24N4O2/c1-5-19(26)22-17-7-6-8-18(13-17)25-20(16-11-9-15(4)10-12-16)23-21(24-25)27-14(2)3/h6-14H,5H2,1-4H3,(H,22,26).